The fourth-order valence-corrected chi connectivity index (χ4v) is 4.40. The highest BCUT2D eigenvalue weighted by Crippen LogP contribution is 2.22. The van der Waals surface area contributed by atoms with E-state index in [9.17, 15) is 18.0 Å². The summed E-state index contributed by atoms with van der Waals surface area (Å²) in [6.07, 6.45) is 0.428. The second-order valence-electron chi connectivity index (χ2n) is 5.82. The molecule has 0 saturated carbocycles. The number of carbonyl (C=O) groups excluding carboxylic acids is 2. The highest BCUT2D eigenvalue weighted by Gasteiger charge is 2.36. The Hall–Kier alpha value is -1.93. The minimum absolute atomic E-state index is 0.0255. The summed E-state index contributed by atoms with van der Waals surface area (Å²) in [6.45, 7) is 1.39. The third-order valence-corrected chi connectivity index (χ3v) is 5.37. The van der Waals surface area contributed by atoms with Crippen molar-refractivity contribution in [3.05, 3.63) is 29.8 Å². The van der Waals surface area contributed by atoms with Crippen LogP contribution in [0.15, 0.2) is 24.3 Å². The molecule has 0 aliphatic carbocycles. The molecule has 1 fully saturated rings. The highest BCUT2D eigenvalue weighted by molar-refractivity contribution is 7.91. The van der Waals surface area contributed by atoms with Gasteiger partial charge in [-0.1, -0.05) is 6.07 Å². The normalized spacial score (nSPS) is 19.6. The van der Waals surface area contributed by atoms with E-state index in [0.717, 1.165) is 0 Å². The average Bonchev–Trinajstić information content (AvgIpc) is 2.78. The fraction of sp³-hybridized carbons (Fsp3) is 0.467. The standard InChI is InChI=1S/C15H21N3O4S/c1-11(19)16-13-6-4-5-12(9-13)15(20)18(17(2)3)14-7-8-23(21,22)10-14/h4-6,9,14H,7-8,10H2,1-3H3,(H,16,19)/t14-/m0/s1. The number of anilines is 1. The van der Waals surface area contributed by atoms with Crippen LogP contribution in [0.5, 0.6) is 0 Å². The second-order valence-corrected chi connectivity index (χ2v) is 8.04. The molecule has 1 aliphatic heterocycles. The van der Waals surface area contributed by atoms with Crippen LogP contribution in [0, 0.1) is 0 Å². The monoisotopic (exact) mass is 339 g/mol. The van der Waals surface area contributed by atoms with Gasteiger partial charge in [-0.2, -0.15) is 0 Å². The lowest BCUT2D eigenvalue weighted by atomic mass is 10.1. The Labute approximate surface area is 136 Å². The van der Waals surface area contributed by atoms with Crippen molar-refractivity contribution in [2.45, 2.75) is 19.4 Å². The Bertz CT molecular complexity index is 715. The van der Waals surface area contributed by atoms with Gasteiger partial charge in [-0.3, -0.25) is 14.6 Å². The molecule has 7 nitrogen and oxygen atoms in total. The lowest BCUT2D eigenvalue weighted by Crippen LogP contribution is -2.49. The smallest absolute Gasteiger partial charge is 0.268 e. The molecule has 0 aromatic heterocycles. The zero-order valence-electron chi connectivity index (χ0n) is 13.4. The molecule has 2 rings (SSSR count). The van der Waals surface area contributed by atoms with E-state index in [-0.39, 0.29) is 29.4 Å². The van der Waals surface area contributed by atoms with Gasteiger partial charge in [0.25, 0.3) is 5.91 Å². The van der Waals surface area contributed by atoms with Gasteiger partial charge in [0.1, 0.15) is 0 Å². The summed E-state index contributed by atoms with van der Waals surface area (Å²) in [5.41, 5.74) is 0.926. The zero-order chi connectivity index (χ0) is 17.2. The molecule has 0 radical (unpaired) electrons. The van der Waals surface area contributed by atoms with E-state index in [1.807, 2.05) is 0 Å². The van der Waals surface area contributed by atoms with Crippen molar-refractivity contribution in [3.8, 4) is 0 Å². The van der Waals surface area contributed by atoms with Gasteiger partial charge < -0.3 is 5.32 Å². The summed E-state index contributed by atoms with van der Waals surface area (Å²) in [7, 11) is 0.326. The van der Waals surface area contributed by atoms with Crippen LogP contribution in [0.2, 0.25) is 0 Å². The topological polar surface area (TPSA) is 86.8 Å². The maximum absolute atomic E-state index is 12.8. The van der Waals surface area contributed by atoms with Crippen molar-refractivity contribution in [3.63, 3.8) is 0 Å². The van der Waals surface area contributed by atoms with E-state index in [2.05, 4.69) is 5.32 Å². The van der Waals surface area contributed by atoms with E-state index in [1.54, 1.807) is 43.4 Å². The van der Waals surface area contributed by atoms with E-state index < -0.39 is 9.84 Å². The van der Waals surface area contributed by atoms with Crippen molar-refractivity contribution >= 4 is 27.3 Å². The summed E-state index contributed by atoms with van der Waals surface area (Å²) < 4.78 is 23.4. The summed E-state index contributed by atoms with van der Waals surface area (Å²) in [6, 6.07) is 6.24. The average molecular weight is 339 g/mol. The molecular formula is C15H21N3O4S. The van der Waals surface area contributed by atoms with E-state index >= 15 is 0 Å². The molecule has 0 spiro atoms. The molecule has 1 aromatic rings. The fourth-order valence-electron chi connectivity index (χ4n) is 2.71. The Morgan fingerprint density at radius 2 is 1.96 bits per heavy atom. The van der Waals surface area contributed by atoms with Gasteiger partial charge in [0, 0.05) is 32.3 Å². The van der Waals surface area contributed by atoms with Crippen LogP contribution in [0.1, 0.15) is 23.7 Å². The first-order valence-electron chi connectivity index (χ1n) is 7.28. The van der Waals surface area contributed by atoms with Crippen molar-refractivity contribution in [2.75, 3.05) is 30.9 Å². The number of hydrogen-bond donors (Lipinski definition) is 1. The Kier molecular flexibility index (Phi) is 5.06. The lowest BCUT2D eigenvalue weighted by Gasteiger charge is -2.33. The van der Waals surface area contributed by atoms with Gasteiger partial charge in [0.15, 0.2) is 9.84 Å². The first-order chi connectivity index (χ1) is 10.7. The number of amides is 2. The number of sulfone groups is 1. The maximum atomic E-state index is 12.8. The number of nitrogens with zero attached hydrogens (tertiary/aromatic N) is 2. The molecule has 1 aliphatic rings. The minimum atomic E-state index is -3.09. The number of benzene rings is 1. The SMILES string of the molecule is CC(=O)Nc1cccc(C(=O)N([C@H]2CCS(=O)(=O)C2)N(C)C)c1. The lowest BCUT2D eigenvalue weighted by molar-refractivity contribution is -0.114. The van der Waals surface area contributed by atoms with Crippen LogP contribution in [-0.2, 0) is 14.6 Å². The molecule has 1 atom stereocenters. The minimum Gasteiger partial charge on any atom is -0.326 e. The Morgan fingerprint density at radius 3 is 2.48 bits per heavy atom. The van der Waals surface area contributed by atoms with E-state index in [0.29, 0.717) is 17.7 Å². The van der Waals surface area contributed by atoms with Gasteiger partial charge in [-0.05, 0) is 24.6 Å². The molecule has 0 bridgehead atoms. The van der Waals surface area contributed by atoms with Crippen LogP contribution in [0.25, 0.3) is 0 Å². The Morgan fingerprint density at radius 1 is 1.26 bits per heavy atom. The molecule has 1 saturated heterocycles. The van der Waals surface area contributed by atoms with Crippen LogP contribution in [-0.4, -0.2) is 61.9 Å². The summed E-state index contributed by atoms with van der Waals surface area (Å²) >= 11 is 0. The molecule has 1 N–H and O–H groups in total. The number of hydrazine groups is 1. The summed E-state index contributed by atoms with van der Waals surface area (Å²) in [5, 5.41) is 5.71. The molecule has 0 unspecified atom stereocenters. The zero-order valence-corrected chi connectivity index (χ0v) is 14.3. The largest absolute Gasteiger partial charge is 0.326 e. The van der Waals surface area contributed by atoms with Gasteiger partial charge in [-0.15, -0.1) is 0 Å². The molecular weight excluding hydrogens is 318 g/mol. The number of hydrogen-bond acceptors (Lipinski definition) is 5. The van der Waals surface area contributed by atoms with Crippen LogP contribution in [0.4, 0.5) is 5.69 Å². The quantitative estimate of drug-likeness (QED) is 0.818. The van der Waals surface area contributed by atoms with Crippen molar-refractivity contribution in [1.29, 1.82) is 0 Å². The second kappa shape index (κ2) is 6.67. The van der Waals surface area contributed by atoms with Crippen LogP contribution in [0.3, 0.4) is 0 Å². The van der Waals surface area contributed by atoms with Crippen molar-refractivity contribution in [2.24, 2.45) is 0 Å². The highest BCUT2D eigenvalue weighted by atomic mass is 32.2. The Balaban J connectivity index is 2.26. The molecule has 23 heavy (non-hydrogen) atoms. The van der Waals surface area contributed by atoms with Gasteiger partial charge in [0.2, 0.25) is 5.91 Å². The predicted octanol–water partition coefficient (Wildman–Crippen LogP) is 0.751. The predicted molar refractivity (Wildman–Crippen MR) is 87.7 cm³/mol. The van der Waals surface area contributed by atoms with Gasteiger partial charge in [-0.25, -0.2) is 13.4 Å². The van der Waals surface area contributed by atoms with Crippen molar-refractivity contribution < 1.29 is 18.0 Å². The number of nitrogens with one attached hydrogen (secondary N) is 1. The first kappa shape index (κ1) is 17.4. The van der Waals surface area contributed by atoms with E-state index in [4.69, 9.17) is 0 Å². The molecule has 1 aromatic carbocycles. The molecule has 1 heterocycles. The number of carbonyl (C=O) groups is 2. The summed E-state index contributed by atoms with van der Waals surface area (Å²) in [5.74, 6) is -0.436. The molecule has 126 valence electrons. The van der Waals surface area contributed by atoms with E-state index in [1.165, 1.54) is 11.9 Å². The van der Waals surface area contributed by atoms with Crippen LogP contribution < -0.4 is 5.32 Å². The number of rotatable bonds is 4. The van der Waals surface area contributed by atoms with Crippen molar-refractivity contribution in [1.82, 2.24) is 10.0 Å². The first-order valence-corrected chi connectivity index (χ1v) is 9.10. The maximum Gasteiger partial charge on any atom is 0.268 e. The summed E-state index contributed by atoms with van der Waals surface area (Å²) in [4.78, 5) is 23.9. The van der Waals surface area contributed by atoms with Gasteiger partial charge in [0.05, 0.1) is 17.5 Å². The third kappa shape index (κ3) is 4.29. The molecule has 2 amide bonds. The van der Waals surface area contributed by atoms with Crippen LogP contribution >= 0.6 is 0 Å². The van der Waals surface area contributed by atoms with Gasteiger partial charge >= 0.3 is 0 Å². The third-order valence-electron chi connectivity index (χ3n) is 3.62. The molecule has 8 heteroatoms.